The lowest BCUT2D eigenvalue weighted by atomic mass is 10.1. The second-order valence-corrected chi connectivity index (χ2v) is 9.48. The van der Waals surface area contributed by atoms with Crippen LogP contribution in [0.5, 0.6) is 11.5 Å². The molecule has 1 aliphatic heterocycles. The van der Waals surface area contributed by atoms with Crippen LogP contribution in [0.1, 0.15) is 5.56 Å². The minimum absolute atomic E-state index is 0.223. The van der Waals surface area contributed by atoms with Crippen LogP contribution in [0.15, 0.2) is 70.7 Å². The number of barbiturate groups is 1. The number of halogens is 3. The summed E-state index contributed by atoms with van der Waals surface area (Å²) in [6, 6.07) is 15.0. The number of nitrogens with one attached hydrogen (secondary N) is 2. The van der Waals surface area contributed by atoms with E-state index in [4.69, 9.17) is 32.7 Å². The van der Waals surface area contributed by atoms with Gasteiger partial charge in [0, 0.05) is 5.02 Å². The number of para-hydroxylation sites is 1. The average Bonchev–Trinajstić information content (AvgIpc) is 2.88. The average molecular weight is 619 g/mol. The maximum absolute atomic E-state index is 13.1. The van der Waals surface area contributed by atoms with Crippen LogP contribution in [0.3, 0.4) is 0 Å². The summed E-state index contributed by atoms with van der Waals surface area (Å²) in [7, 11) is 1.40. The maximum Gasteiger partial charge on any atom is 0.335 e. The Morgan fingerprint density at radius 2 is 1.79 bits per heavy atom. The molecule has 1 heterocycles. The Morgan fingerprint density at radius 1 is 1.08 bits per heavy atom. The summed E-state index contributed by atoms with van der Waals surface area (Å²) in [5, 5.41) is 5.62. The zero-order chi connectivity index (χ0) is 27.4. The van der Waals surface area contributed by atoms with E-state index in [0.29, 0.717) is 25.8 Å². The number of hydrogen-bond acceptors (Lipinski definition) is 6. The Labute approximate surface area is 235 Å². The molecule has 1 saturated heterocycles. The van der Waals surface area contributed by atoms with Gasteiger partial charge in [-0.05, 0) is 76.1 Å². The Kier molecular flexibility index (Phi) is 8.35. The molecule has 1 fully saturated rings. The van der Waals surface area contributed by atoms with Crippen molar-refractivity contribution >= 4 is 80.3 Å². The second-order valence-electron chi connectivity index (χ2n) is 7.79. The van der Waals surface area contributed by atoms with Crippen molar-refractivity contribution < 1.29 is 28.7 Å². The van der Waals surface area contributed by atoms with Crippen LogP contribution < -0.4 is 25.0 Å². The minimum atomic E-state index is -0.878. The summed E-state index contributed by atoms with van der Waals surface area (Å²) in [6.07, 6.45) is 1.31. The Balaban J connectivity index is 1.56. The summed E-state index contributed by atoms with van der Waals surface area (Å²) >= 11 is 15.3. The van der Waals surface area contributed by atoms with E-state index >= 15 is 0 Å². The number of carbonyl (C=O) groups excluding carboxylic acids is 4. The van der Waals surface area contributed by atoms with Crippen LogP contribution >= 0.6 is 39.1 Å². The highest BCUT2D eigenvalue weighted by atomic mass is 79.9. The molecule has 0 aromatic heterocycles. The molecule has 5 amide bonds. The van der Waals surface area contributed by atoms with Gasteiger partial charge in [-0.15, -0.1) is 0 Å². The number of ether oxygens (including phenoxy) is 2. The SMILES string of the molecule is COc1cc(/C=C2/C(=O)NC(=O)N(c3ccc(Cl)cc3)C2=O)cc(Br)c1OCC(=O)Nc1ccccc1Cl. The van der Waals surface area contributed by atoms with Crippen molar-refractivity contribution in [2.45, 2.75) is 0 Å². The first-order valence-electron chi connectivity index (χ1n) is 10.9. The summed E-state index contributed by atoms with van der Waals surface area (Å²) in [5.74, 6) is -1.66. The van der Waals surface area contributed by atoms with Gasteiger partial charge >= 0.3 is 6.03 Å². The summed E-state index contributed by atoms with van der Waals surface area (Å²) < 4.78 is 11.5. The number of hydrogen-bond donors (Lipinski definition) is 2. The first-order valence-corrected chi connectivity index (χ1v) is 12.4. The summed E-state index contributed by atoms with van der Waals surface area (Å²) in [6.45, 7) is -0.348. The molecule has 3 aromatic rings. The molecule has 0 unspecified atom stereocenters. The smallest absolute Gasteiger partial charge is 0.335 e. The van der Waals surface area contributed by atoms with E-state index in [2.05, 4.69) is 26.6 Å². The highest BCUT2D eigenvalue weighted by molar-refractivity contribution is 9.10. The van der Waals surface area contributed by atoms with E-state index in [1.807, 2.05) is 0 Å². The van der Waals surface area contributed by atoms with E-state index in [1.54, 1.807) is 30.3 Å². The van der Waals surface area contributed by atoms with Crippen LogP contribution in [0.2, 0.25) is 10.0 Å². The molecule has 194 valence electrons. The number of benzene rings is 3. The van der Waals surface area contributed by atoms with Gasteiger partial charge in [0.15, 0.2) is 18.1 Å². The lowest BCUT2D eigenvalue weighted by Crippen LogP contribution is -2.54. The summed E-state index contributed by atoms with van der Waals surface area (Å²) in [5.41, 5.74) is 0.803. The molecule has 38 heavy (non-hydrogen) atoms. The van der Waals surface area contributed by atoms with Gasteiger partial charge in [0.25, 0.3) is 17.7 Å². The molecule has 0 radical (unpaired) electrons. The lowest BCUT2D eigenvalue weighted by molar-refractivity contribution is -0.122. The monoisotopic (exact) mass is 617 g/mol. The third kappa shape index (κ3) is 5.99. The highest BCUT2D eigenvalue weighted by Gasteiger charge is 2.36. The van der Waals surface area contributed by atoms with Crippen molar-refractivity contribution in [2.75, 3.05) is 23.9 Å². The zero-order valence-electron chi connectivity index (χ0n) is 19.6. The predicted molar refractivity (Wildman–Crippen MR) is 147 cm³/mol. The van der Waals surface area contributed by atoms with E-state index in [0.717, 1.165) is 4.90 Å². The Hall–Kier alpha value is -3.86. The number of methoxy groups -OCH3 is 1. The molecule has 4 rings (SSSR count). The Bertz CT molecular complexity index is 1480. The van der Waals surface area contributed by atoms with Crippen molar-refractivity contribution in [3.63, 3.8) is 0 Å². The molecular weight excluding hydrogens is 601 g/mol. The number of rotatable bonds is 7. The van der Waals surface area contributed by atoms with Crippen molar-refractivity contribution in [1.29, 1.82) is 0 Å². The van der Waals surface area contributed by atoms with Gasteiger partial charge < -0.3 is 14.8 Å². The topological polar surface area (TPSA) is 114 Å². The maximum atomic E-state index is 13.1. The molecule has 12 heteroatoms. The van der Waals surface area contributed by atoms with Gasteiger partial charge in [0.05, 0.1) is 28.0 Å². The number of nitrogens with zero attached hydrogens (tertiary/aromatic N) is 1. The van der Waals surface area contributed by atoms with Gasteiger partial charge in [0.1, 0.15) is 5.57 Å². The third-order valence-electron chi connectivity index (χ3n) is 5.24. The molecule has 1 aliphatic rings. The molecule has 0 atom stereocenters. The molecular formula is C26H18BrCl2N3O6. The largest absolute Gasteiger partial charge is 0.493 e. The Morgan fingerprint density at radius 3 is 2.47 bits per heavy atom. The van der Waals surface area contributed by atoms with Gasteiger partial charge in [0.2, 0.25) is 0 Å². The quantitative estimate of drug-likeness (QED) is 0.269. The molecule has 0 spiro atoms. The van der Waals surface area contributed by atoms with E-state index in [9.17, 15) is 19.2 Å². The van der Waals surface area contributed by atoms with Crippen LogP contribution in [0, 0.1) is 0 Å². The number of urea groups is 1. The number of amides is 5. The van der Waals surface area contributed by atoms with Crippen molar-refractivity contribution in [1.82, 2.24) is 5.32 Å². The van der Waals surface area contributed by atoms with Gasteiger partial charge in [-0.3, -0.25) is 19.7 Å². The molecule has 0 bridgehead atoms. The number of anilines is 2. The molecule has 2 N–H and O–H groups in total. The van der Waals surface area contributed by atoms with Gasteiger partial charge in [-0.1, -0.05) is 35.3 Å². The number of imide groups is 2. The second kappa shape index (κ2) is 11.7. The molecule has 0 aliphatic carbocycles. The van der Waals surface area contributed by atoms with Crippen LogP contribution in [0.25, 0.3) is 6.08 Å². The first kappa shape index (κ1) is 27.2. The van der Waals surface area contributed by atoms with Crippen molar-refractivity contribution in [2.24, 2.45) is 0 Å². The minimum Gasteiger partial charge on any atom is -0.493 e. The fourth-order valence-electron chi connectivity index (χ4n) is 3.50. The highest BCUT2D eigenvalue weighted by Crippen LogP contribution is 2.37. The van der Waals surface area contributed by atoms with Gasteiger partial charge in [-0.25, -0.2) is 9.69 Å². The molecule has 9 nitrogen and oxygen atoms in total. The van der Waals surface area contributed by atoms with E-state index < -0.39 is 23.8 Å². The van der Waals surface area contributed by atoms with Crippen molar-refractivity contribution in [3.8, 4) is 11.5 Å². The molecule has 0 saturated carbocycles. The van der Waals surface area contributed by atoms with Crippen LogP contribution in [-0.4, -0.2) is 37.5 Å². The van der Waals surface area contributed by atoms with Crippen molar-refractivity contribution in [3.05, 3.63) is 86.3 Å². The van der Waals surface area contributed by atoms with E-state index in [-0.39, 0.29) is 29.4 Å². The number of carbonyl (C=O) groups is 4. The van der Waals surface area contributed by atoms with E-state index in [1.165, 1.54) is 43.5 Å². The summed E-state index contributed by atoms with van der Waals surface area (Å²) in [4.78, 5) is 51.2. The normalized spacial score (nSPS) is 14.4. The standard InChI is InChI=1S/C26H18BrCl2N3O6/c1-37-21-12-14(11-18(27)23(21)38-13-22(33)30-20-5-3-2-4-19(20)29)10-17-24(34)31-26(36)32(25(17)35)16-8-6-15(28)7-9-16/h2-12H,13H2,1H3,(H,30,33)(H,31,34,36)/b17-10-. The van der Waals surface area contributed by atoms with Gasteiger partial charge in [-0.2, -0.15) is 0 Å². The lowest BCUT2D eigenvalue weighted by Gasteiger charge is -2.26. The third-order valence-corrected chi connectivity index (χ3v) is 6.42. The molecule has 3 aromatic carbocycles. The zero-order valence-corrected chi connectivity index (χ0v) is 22.7. The first-order chi connectivity index (χ1) is 18.2. The fourth-order valence-corrected chi connectivity index (χ4v) is 4.38. The predicted octanol–water partition coefficient (Wildman–Crippen LogP) is 5.45. The van der Waals surface area contributed by atoms with Crippen LogP contribution in [-0.2, 0) is 14.4 Å². The van der Waals surface area contributed by atoms with Crippen LogP contribution in [0.4, 0.5) is 16.2 Å². The fraction of sp³-hybridized carbons (Fsp3) is 0.0769.